The lowest BCUT2D eigenvalue weighted by molar-refractivity contribution is -0.119. The van der Waals surface area contributed by atoms with Gasteiger partial charge in [0.2, 0.25) is 0 Å². The number of nitrogens with zero attached hydrogens (tertiary/aromatic N) is 3. The maximum Gasteiger partial charge on any atom is 0.276 e. The van der Waals surface area contributed by atoms with Gasteiger partial charge < -0.3 is 5.32 Å². The van der Waals surface area contributed by atoms with Gasteiger partial charge in [0.15, 0.2) is 17.2 Å². The number of rotatable bonds is 9. The number of carbonyl (C=O) groups excluding carboxylic acids is 2. The predicted octanol–water partition coefficient (Wildman–Crippen LogP) is 3.78. The first-order valence-electron chi connectivity index (χ1n) is 11.7. The van der Waals surface area contributed by atoms with Gasteiger partial charge in [-0.15, -0.1) is 0 Å². The van der Waals surface area contributed by atoms with Crippen LogP contribution in [-0.2, 0) is 19.6 Å². The number of para-hydroxylation sites is 1. The van der Waals surface area contributed by atoms with E-state index in [2.05, 4.69) is 20.8 Å². The van der Waals surface area contributed by atoms with Crippen LogP contribution in [0.25, 0.3) is 0 Å². The van der Waals surface area contributed by atoms with Crippen LogP contribution in [0.3, 0.4) is 0 Å². The molecule has 1 aromatic heterocycles. The molecule has 5 rings (SSSR count). The number of halogens is 1. The van der Waals surface area contributed by atoms with Gasteiger partial charge in [0, 0.05) is 16.8 Å². The Hall–Kier alpha value is -4.94. The van der Waals surface area contributed by atoms with Crippen molar-refractivity contribution in [2.45, 2.75) is 4.90 Å². The molecule has 0 saturated heterocycles. The van der Waals surface area contributed by atoms with Crippen molar-refractivity contribution in [3.05, 3.63) is 108 Å². The molecule has 3 aromatic carbocycles. The van der Waals surface area contributed by atoms with E-state index in [1.54, 1.807) is 42.6 Å². The Kier molecular flexibility index (Phi) is 7.62. The van der Waals surface area contributed by atoms with E-state index in [-0.39, 0.29) is 22.0 Å². The standard InChI is InChI=1S/C27H20ClN5O6S/c28-18-7-9-19(10-8-18)33(17-25(34)31-32-26-23-5-1-2-6-24(23)30-27(26)35)40(36,37)22-13-11-20(12-14-22)38-39-21-4-3-15-29-16-21/h1-16H,17H2,(H,31,34)(H,30,32,35). The molecule has 40 heavy (non-hydrogen) atoms. The molecule has 0 atom stereocenters. The molecule has 0 bridgehead atoms. The Labute approximate surface area is 234 Å². The Morgan fingerprint density at radius 1 is 0.950 bits per heavy atom. The fourth-order valence-electron chi connectivity index (χ4n) is 3.71. The van der Waals surface area contributed by atoms with E-state index in [4.69, 9.17) is 21.4 Å². The molecule has 2 N–H and O–H groups in total. The molecule has 11 nitrogen and oxygen atoms in total. The molecule has 0 unspecified atom stereocenters. The zero-order valence-electron chi connectivity index (χ0n) is 20.5. The van der Waals surface area contributed by atoms with E-state index < -0.39 is 28.4 Å². The third kappa shape index (κ3) is 5.87. The number of pyridine rings is 1. The van der Waals surface area contributed by atoms with Crippen LogP contribution in [0.1, 0.15) is 5.56 Å². The average molecular weight is 578 g/mol. The fraction of sp³-hybridized carbons (Fsp3) is 0.0370. The van der Waals surface area contributed by atoms with Gasteiger partial charge in [-0.05, 0) is 66.7 Å². The smallest absolute Gasteiger partial charge is 0.276 e. The third-order valence-electron chi connectivity index (χ3n) is 5.62. The highest BCUT2D eigenvalue weighted by Crippen LogP contribution is 2.27. The number of anilines is 2. The molecule has 0 fully saturated rings. The monoisotopic (exact) mass is 577 g/mol. The van der Waals surface area contributed by atoms with Crippen molar-refractivity contribution < 1.29 is 27.8 Å². The third-order valence-corrected chi connectivity index (χ3v) is 7.66. The number of hydrogen-bond donors (Lipinski definition) is 2. The van der Waals surface area contributed by atoms with E-state index >= 15 is 0 Å². The minimum Gasteiger partial charge on any atom is -0.320 e. The zero-order chi connectivity index (χ0) is 28.1. The number of carbonyl (C=O) groups is 2. The maximum atomic E-state index is 13.7. The number of sulfonamides is 1. The Bertz CT molecular complexity index is 1680. The van der Waals surface area contributed by atoms with Crippen LogP contribution in [0.5, 0.6) is 11.5 Å². The minimum absolute atomic E-state index is 0.00828. The summed E-state index contributed by atoms with van der Waals surface area (Å²) in [5.41, 5.74) is 3.56. The first kappa shape index (κ1) is 26.7. The molecule has 0 aliphatic carbocycles. The number of nitrogens with one attached hydrogen (secondary N) is 2. The van der Waals surface area contributed by atoms with Crippen molar-refractivity contribution in [3.63, 3.8) is 0 Å². The predicted molar refractivity (Wildman–Crippen MR) is 148 cm³/mol. The maximum absolute atomic E-state index is 13.7. The van der Waals surface area contributed by atoms with Crippen molar-refractivity contribution >= 4 is 50.5 Å². The van der Waals surface area contributed by atoms with Gasteiger partial charge in [-0.3, -0.25) is 28.7 Å². The van der Waals surface area contributed by atoms with E-state index in [1.807, 2.05) is 0 Å². The van der Waals surface area contributed by atoms with Gasteiger partial charge in [-0.2, -0.15) is 5.10 Å². The van der Waals surface area contributed by atoms with Crippen LogP contribution in [0.2, 0.25) is 5.02 Å². The van der Waals surface area contributed by atoms with Gasteiger partial charge >= 0.3 is 0 Å². The summed E-state index contributed by atoms with van der Waals surface area (Å²) < 4.78 is 28.2. The summed E-state index contributed by atoms with van der Waals surface area (Å²) in [5.74, 6) is -0.655. The Morgan fingerprint density at radius 3 is 2.40 bits per heavy atom. The van der Waals surface area contributed by atoms with E-state index in [0.29, 0.717) is 22.0 Å². The first-order valence-corrected chi connectivity index (χ1v) is 13.5. The molecule has 13 heteroatoms. The van der Waals surface area contributed by atoms with Crippen molar-refractivity contribution in [2.75, 3.05) is 16.2 Å². The average Bonchev–Trinajstić information content (AvgIpc) is 3.29. The molecule has 202 valence electrons. The number of aromatic nitrogens is 1. The second-order valence-electron chi connectivity index (χ2n) is 8.31. The lowest BCUT2D eigenvalue weighted by atomic mass is 10.1. The molecule has 1 aliphatic rings. The quantitative estimate of drug-likeness (QED) is 0.228. The number of fused-ring (bicyclic) bond motifs is 1. The summed E-state index contributed by atoms with van der Waals surface area (Å²) in [6, 6.07) is 21.6. The Morgan fingerprint density at radius 2 is 1.68 bits per heavy atom. The van der Waals surface area contributed by atoms with E-state index in [9.17, 15) is 18.0 Å². The van der Waals surface area contributed by atoms with E-state index in [0.717, 1.165) is 4.31 Å². The first-order chi connectivity index (χ1) is 19.3. The second-order valence-corrected chi connectivity index (χ2v) is 10.6. The SMILES string of the molecule is O=C(CN(c1ccc(Cl)cc1)S(=O)(=O)c1ccc(OOc2cccnc2)cc1)NN=C1C(=O)Nc2ccccc21. The molecule has 1 aliphatic heterocycles. The highest BCUT2D eigenvalue weighted by Gasteiger charge is 2.29. The summed E-state index contributed by atoms with van der Waals surface area (Å²) in [6.07, 6.45) is 3.03. The van der Waals surface area contributed by atoms with Crippen LogP contribution in [0.15, 0.2) is 107 Å². The molecule has 0 spiro atoms. The van der Waals surface area contributed by atoms with Gasteiger partial charge in [-0.1, -0.05) is 29.8 Å². The molecular formula is C27H20ClN5O6S. The topological polar surface area (TPSA) is 139 Å². The van der Waals surface area contributed by atoms with E-state index in [1.165, 1.54) is 54.7 Å². The van der Waals surface area contributed by atoms with Crippen molar-refractivity contribution in [3.8, 4) is 11.5 Å². The fourth-order valence-corrected chi connectivity index (χ4v) is 5.25. The normalized spacial score (nSPS) is 13.3. The minimum atomic E-state index is -4.25. The number of benzene rings is 3. The molecule has 0 radical (unpaired) electrons. The molecule has 2 amide bonds. The lowest BCUT2D eigenvalue weighted by Gasteiger charge is -2.23. The van der Waals surface area contributed by atoms with Crippen LogP contribution in [0, 0.1) is 0 Å². The largest absolute Gasteiger partial charge is 0.320 e. The summed E-state index contributed by atoms with van der Waals surface area (Å²) in [5, 5.41) is 6.98. The van der Waals surface area contributed by atoms with Gasteiger partial charge in [-0.25, -0.2) is 13.8 Å². The summed E-state index contributed by atoms with van der Waals surface area (Å²) in [6.45, 7) is -0.633. The van der Waals surface area contributed by atoms with Crippen LogP contribution in [0.4, 0.5) is 11.4 Å². The Balaban J connectivity index is 1.35. The number of hydrogen-bond acceptors (Lipinski definition) is 8. The van der Waals surface area contributed by atoms with Crippen LogP contribution < -0.4 is 24.8 Å². The highest BCUT2D eigenvalue weighted by molar-refractivity contribution is 7.92. The van der Waals surface area contributed by atoms with Gasteiger partial charge in [0.05, 0.1) is 22.5 Å². The molecular weight excluding hydrogens is 558 g/mol. The van der Waals surface area contributed by atoms with Crippen molar-refractivity contribution in [1.82, 2.24) is 10.4 Å². The zero-order valence-corrected chi connectivity index (χ0v) is 22.1. The summed E-state index contributed by atoms with van der Waals surface area (Å²) in [4.78, 5) is 39.4. The molecule has 2 heterocycles. The van der Waals surface area contributed by atoms with Gasteiger partial charge in [0.1, 0.15) is 6.54 Å². The van der Waals surface area contributed by atoms with Gasteiger partial charge in [0.25, 0.3) is 21.8 Å². The van der Waals surface area contributed by atoms with Crippen LogP contribution >= 0.6 is 11.6 Å². The number of hydrazone groups is 1. The molecule has 0 saturated carbocycles. The highest BCUT2D eigenvalue weighted by atomic mass is 35.5. The number of amides is 2. The van der Waals surface area contributed by atoms with Crippen molar-refractivity contribution in [1.29, 1.82) is 0 Å². The summed E-state index contributed by atoms with van der Waals surface area (Å²) in [7, 11) is -4.25. The molecule has 4 aromatic rings. The summed E-state index contributed by atoms with van der Waals surface area (Å²) >= 11 is 5.99. The van der Waals surface area contributed by atoms with Crippen LogP contribution in [-0.4, -0.2) is 37.5 Å². The van der Waals surface area contributed by atoms with Crippen molar-refractivity contribution in [2.24, 2.45) is 5.10 Å². The second kappa shape index (κ2) is 11.4. The lowest BCUT2D eigenvalue weighted by Crippen LogP contribution is -2.40.